The molecule has 2 aromatic carbocycles. The van der Waals surface area contributed by atoms with Crippen LogP contribution >= 0.6 is 0 Å². The summed E-state index contributed by atoms with van der Waals surface area (Å²) in [5.41, 5.74) is 8.16. The molecule has 0 N–H and O–H groups in total. The van der Waals surface area contributed by atoms with Crippen LogP contribution in [0.25, 0.3) is 9.96 Å². The van der Waals surface area contributed by atoms with E-state index < -0.39 is 16.5 Å². The maximum absolute atomic E-state index is 5.07. The Hall–Kier alpha value is 0.604. The van der Waals surface area contributed by atoms with Gasteiger partial charge in [-0.3, -0.25) is 0 Å². The van der Waals surface area contributed by atoms with Crippen LogP contribution in [0.5, 0.6) is 0 Å². The van der Waals surface area contributed by atoms with E-state index in [1.807, 2.05) is 0 Å². The van der Waals surface area contributed by atoms with E-state index in [0.29, 0.717) is 23.7 Å². The summed E-state index contributed by atoms with van der Waals surface area (Å²) >= 11 is 0. The normalized spacial score (nSPS) is 11.6. The molecule has 0 spiro atoms. The third-order valence-corrected chi connectivity index (χ3v) is 7.37. The van der Waals surface area contributed by atoms with Gasteiger partial charge in [0.15, 0.2) is 0 Å². The van der Waals surface area contributed by atoms with Gasteiger partial charge in [0.2, 0.25) is 0 Å². The number of hydrogen-bond donors (Lipinski definition) is 0. The van der Waals surface area contributed by atoms with Crippen LogP contribution in [-0.2, 0) is 16.5 Å². The van der Waals surface area contributed by atoms with E-state index in [-0.39, 0.29) is 67.9 Å². The zero-order valence-corrected chi connectivity index (χ0v) is 32.1. The van der Waals surface area contributed by atoms with Gasteiger partial charge in [0.1, 0.15) is 0 Å². The maximum atomic E-state index is 5.07. The van der Waals surface area contributed by atoms with Crippen molar-refractivity contribution < 1.29 is 67.9 Å². The molecule has 0 atom stereocenters. The Bertz CT molecular complexity index is 786. The molecule has 6 heteroatoms. The molecule has 0 radical (unpaired) electrons. The predicted molar refractivity (Wildman–Crippen MR) is 162 cm³/mol. The van der Waals surface area contributed by atoms with Crippen LogP contribution in [-0.4, -0.2) is 16.5 Å². The summed E-state index contributed by atoms with van der Waals surface area (Å²) < 4.78 is 0. The Morgan fingerprint density at radius 2 is 0.667 bits per heavy atom. The first-order chi connectivity index (χ1) is 15.4. The van der Waals surface area contributed by atoms with Gasteiger partial charge in [-0.25, -0.2) is 0 Å². The smallest absolute Gasteiger partial charge is 0.687 e. The van der Waals surface area contributed by atoms with Crippen molar-refractivity contribution in [2.45, 2.75) is 118 Å². The fraction of sp³-hybridized carbons (Fsp3) is 0.600. The number of benzene rings is 2. The Labute approximate surface area is 279 Å². The summed E-state index contributed by atoms with van der Waals surface area (Å²) in [7, 11) is -2.86. The second-order valence-electron chi connectivity index (χ2n) is 12.8. The summed E-state index contributed by atoms with van der Waals surface area (Å²) in [6.07, 6.45) is 0. The van der Waals surface area contributed by atoms with Crippen LogP contribution in [0.1, 0.15) is 101 Å². The first-order valence-electron chi connectivity index (χ1n) is 13.2. The van der Waals surface area contributed by atoms with E-state index in [1.165, 1.54) is 33.6 Å². The molecule has 0 aliphatic rings. The van der Waals surface area contributed by atoms with Crippen LogP contribution in [0.2, 0.25) is 39.3 Å². The average Bonchev–Trinajstić information content (AvgIpc) is 2.65. The Morgan fingerprint density at radius 1 is 0.472 bits per heavy atom. The van der Waals surface area contributed by atoms with Crippen molar-refractivity contribution >= 4 is 27.8 Å². The van der Waals surface area contributed by atoms with E-state index in [4.69, 9.17) is 9.96 Å². The zero-order valence-electron chi connectivity index (χ0n) is 26.0. The Morgan fingerprint density at radius 3 is 0.806 bits per heavy atom. The van der Waals surface area contributed by atoms with Crippen molar-refractivity contribution in [2.75, 3.05) is 0 Å². The minimum Gasteiger partial charge on any atom is -0.687 e. The van der Waals surface area contributed by atoms with E-state index >= 15 is 0 Å². The quantitative estimate of drug-likeness (QED) is 0.274. The van der Waals surface area contributed by atoms with Gasteiger partial charge in [-0.1, -0.05) is 153 Å². The van der Waals surface area contributed by atoms with E-state index in [1.54, 1.807) is 0 Å². The first-order valence-corrected chi connectivity index (χ1v) is 20.1. The molecule has 202 valence electrons. The van der Waals surface area contributed by atoms with E-state index in [0.717, 1.165) is 0 Å². The van der Waals surface area contributed by atoms with Gasteiger partial charge in [0.25, 0.3) is 0 Å². The Balaban J connectivity index is 0. The van der Waals surface area contributed by atoms with E-state index in [2.05, 4.69) is 131 Å². The monoisotopic (exact) mass is 593 g/mol. The van der Waals surface area contributed by atoms with Crippen molar-refractivity contribution in [2.24, 2.45) is 0 Å². The van der Waals surface area contributed by atoms with Gasteiger partial charge in [0, 0.05) is 16.5 Å². The molecular formula is C30H52KN2NiSi2-. The van der Waals surface area contributed by atoms with Crippen LogP contribution < -0.4 is 51.4 Å². The van der Waals surface area contributed by atoms with Gasteiger partial charge >= 0.3 is 51.4 Å². The summed E-state index contributed by atoms with van der Waals surface area (Å²) in [6, 6.07) is 13.3. The maximum Gasteiger partial charge on any atom is 1.00 e. The number of hydrogen-bond acceptors (Lipinski definition) is 0. The van der Waals surface area contributed by atoms with Gasteiger partial charge in [-0.15, -0.1) is 11.4 Å². The number of nitrogens with zero attached hydrogens (tertiary/aromatic N) is 2. The van der Waals surface area contributed by atoms with Crippen molar-refractivity contribution in [3.8, 4) is 0 Å². The standard InChI is InChI=1S/2C15H26NSi.K.Ni/c2*1-11(2)13-9-8-10-14(12(3)4)15(13)16-17(5,6)7;;/h2*8-12H,1-7H3;;/q2*-1;+1;. The molecule has 0 aliphatic heterocycles. The van der Waals surface area contributed by atoms with Gasteiger partial charge in [-0.2, -0.15) is 0 Å². The third kappa shape index (κ3) is 13.1. The van der Waals surface area contributed by atoms with Gasteiger partial charge < -0.3 is 9.96 Å². The molecule has 0 saturated heterocycles. The molecule has 0 aliphatic carbocycles. The van der Waals surface area contributed by atoms with Crippen molar-refractivity contribution in [1.82, 2.24) is 0 Å². The number of rotatable bonds is 8. The van der Waals surface area contributed by atoms with Crippen molar-refractivity contribution in [3.63, 3.8) is 0 Å². The molecule has 0 fully saturated rings. The topological polar surface area (TPSA) is 28.2 Å². The molecule has 0 bridgehead atoms. The average molecular weight is 595 g/mol. The van der Waals surface area contributed by atoms with Crippen molar-refractivity contribution in [3.05, 3.63) is 68.6 Å². The largest absolute Gasteiger partial charge is 1.00 e. The SMILES string of the molecule is CC(C)c1cccc(C(C)C)c1[N-][Si](C)(C)C.CC(C)c1cccc(C(C)C)c1[N-][Si](C)(C)C.[K+].[Ni]. The van der Waals surface area contributed by atoms with E-state index in [9.17, 15) is 0 Å². The molecule has 0 unspecified atom stereocenters. The molecule has 0 heterocycles. The summed E-state index contributed by atoms with van der Waals surface area (Å²) in [4.78, 5) is 10.1. The molecular weight excluding hydrogens is 542 g/mol. The second kappa shape index (κ2) is 16.6. The van der Waals surface area contributed by atoms with Crippen LogP contribution in [0.3, 0.4) is 0 Å². The minimum atomic E-state index is -1.43. The molecule has 2 rings (SSSR count). The molecule has 2 aromatic rings. The van der Waals surface area contributed by atoms with Crippen molar-refractivity contribution in [1.29, 1.82) is 0 Å². The summed E-state index contributed by atoms with van der Waals surface area (Å²) in [5, 5.41) is 0. The predicted octanol–water partition coefficient (Wildman–Crippen LogP) is 8.55. The molecule has 36 heavy (non-hydrogen) atoms. The fourth-order valence-electron chi connectivity index (χ4n) is 3.95. The molecule has 0 aromatic heterocycles. The molecule has 2 nitrogen and oxygen atoms in total. The van der Waals surface area contributed by atoms with Crippen LogP contribution in [0.4, 0.5) is 11.4 Å². The fourth-order valence-corrected chi connectivity index (χ4v) is 5.81. The van der Waals surface area contributed by atoms with Crippen LogP contribution in [0, 0.1) is 0 Å². The Kier molecular flexibility index (Phi) is 17.9. The second-order valence-corrected chi connectivity index (χ2v) is 21.9. The molecule has 0 saturated carbocycles. The van der Waals surface area contributed by atoms with Gasteiger partial charge in [-0.05, 0) is 40.1 Å². The summed E-state index contributed by atoms with van der Waals surface area (Å²) in [6.45, 7) is 31.8. The summed E-state index contributed by atoms with van der Waals surface area (Å²) in [5.74, 6) is 2.18. The minimum absolute atomic E-state index is 0. The van der Waals surface area contributed by atoms with Crippen LogP contribution in [0.15, 0.2) is 36.4 Å². The zero-order chi connectivity index (χ0) is 26.4. The molecule has 0 amide bonds. The third-order valence-electron chi connectivity index (χ3n) is 5.58. The first kappa shape index (κ1) is 38.7. The van der Waals surface area contributed by atoms with Gasteiger partial charge in [0.05, 0.1) is 0 Å².